The van der Waals surface area contributed by atoms with E-state index in [-0.39, 0.29) is 18.3 Å². The molecule has 1 aromatic heterocycles. The van der Waals surface area contributed by atoms with E-state index in [0.717, 1.165) is 10.2 Å². The van der Waals surface area contributed by atoms with Gasteiger partial charge < -0.3 is 9.64 Å². The number of benzene rings is 2. The lowest BCUT2D eigenvalue weighted by atomic mass is 10.2. The summed E-state index contributed by atoms with van der Waals surface area (Å²) >= 11 is 13.6. The molecule has 3 aromatic rings. The maximum atomic E-state index is 13.2. The highest BCUT2D eigenvalue weighted by Gasteiger charge is 2.23. The Bertz CT molecular complexity index is 958. The van der Waals surface area contributed by atoms with Crippen LogP contribution in [0.1, 0.15) is 10.4 Å². The highest BCUT2D eigenvalue weighted by molar-refractivity contribution is 7.22. The van der Waals surface area contributed by atoms with Gasteiger partial charge in [0.05, 0.1) is 11.8 Å². The number of nitrogens with zero attached hydrogens (tertiary/aromatic N) is 3. The summed E-state index contributed by atoms with van der Waals surface area (Å²) in [6, 6.07) is 10.6. The Kier molecular flexibility index (Phi) is 7.92. The number of amides is 1. The van der Waals surface area contributed by atoms with Gasteiger partial charge in [-0.25, -0.2) is 4.98 Å². The van der Waals surface area contributed by atoms with Gasteiger partial charge in [0.25, 0.3) is 5.91 Å². The Hall–Kier alpha value is -1.57. The van der Waals surface area contributed by atoms with Crippen molar-refractivity contribution >= 4 is 68.2 Å². The average Bonchev–Trinajstić information content (AvgIpc) is 3.04. The summed E-state index contributed by atoms with van der Waals surface area (Å²) in [6.45, 7) is 1.17. The van der Waals surface area contributed by atoms with E-state index in [1.807, 2.05) is 37.2 Å². The number of para-hydroxylation sites is 1. The fraction of sp³-hybridized carbons (Fsp3) is 0.263. The maximum absolute atomic E-state index is 13.2. The molecule has 0 saturated carbocycles. The number of hydrogen-bond acceptors (Lipinski definition) is 5. The van der Waals surface area contributed by atoms with Crippen LogP contribution in [0.15, 0.2) is 36.4 Å². The minimum atomic E-state index is -0.195. The molecule has 150 valence electrons. The molecule has 0 unspecified atom stereocenters. The van der Waals surface area contributed by atoms with E-state index >= 15 is 0 Å². The van der Waals surface area contributed by atoms with Crippen LogP contribution in [0.2, 0.25) is 10.0 Å². The second-order valence-electron chi connectivity index (χ2n) is 6.22. The molecule has 0 N–H and O–H groups in total. The summed E-state index contributed by atoms with van der Waals surface area (Å²) in [4.78, 5) is 21.6. The molecule has 0 aliphatic rings. The summed E-state index contributed by atoms with van der Waals surface area (Å²) in [5.74, 6) is 0.486. The number of ether oxygens (including phenoxy) is 1. The molecule has 2 aromatic carbocycles. The predicted molar refractivity (Wildman–Crippen MR) is 120 cm³/mol. The third-order valence-electron chi connectivity index (χ3n) is 3.95. The first-order valence-corrected chi connectivity index (χ1v) is 9.82. The van der Waals surface area contributed by atoms with Crippen molar-refractivity contribution in [3.05, 3.63) is 52.0 Å². The topological polar surface area (TPSA) is 45.7 Å². The number of likely N-dealkylation sites (N-methyl/N-ethyl adjacent to an activating group) is 1. The fourth-order valence-corrected chi connectivity index (χ4v) is 4.14. The summed E-state index contributed by atoms with van der Waals surface area (Å²) in [5.41, 5.74) is 1.17. The minimum absolute atomic E-state index is 0. The van der Waals surface area contributed by atoms with Crippen molar-refractivity contribution in [2.45, 2.75) is 0 Å². The van der Waals surface area contributed by atoms with Crippen LogP contribution in [0, 0.1) is 0 Å². The number of hydrogen-bond donors (Lipinski definition) is 0. The fourth-order valence-electron chi connectivity index (χ4n) is 2.61. The highest BCUT2D eigenvalue weighted by Crippen LogP contribution is 2.34. The molecule has 0 aliphatic carbocycles. The Morgan fingerprint density at radius 3 is 2.43 bits per heavy atom. The molecule has 1 amide bonds. The number of fused-ring (bicyclic) bond motifs is 1. The van der Waals surface area contributed by atoms with Crippen LogP contribution in [-0.4, -0.2) is 50.1 Å². The van der Waals surface area contributed by atoms with Crippen molar-refractivity contribution in [3.8, 4) is 5.75 Å². The van der Waals surface area contributed by atoms with E-state index < -0.39 is 0 Å². The second-order valence-corrected chi connectivity index (χ2v) is 8.10. The first kappa shape index (κ1) is 22.7. The summed E-state index contributed by atoms with van der Waals surface area (Å²) < 4.78 is 6.35. The Labute approximate surface area is 184 Å². The molecule has 0 atom stereocenters. The number of methoxy groups -OCH3 is 1. The van der Waals surface area contributed by atoms with Crippen LogP contribution >= 0.6 is 46.9 Å². The molecule has 0 spiro atoms. The number of carbonyl (C=O) groups excluding carboxylic acids is 1. The van der Waals surface area contributed by atoms with Gasteiger partial charge in [-0.05, 0) is 44.4 Å². The summed E-state index contributed by atoms with van der Waals surface area (Å²) in [7, 11) is 5.53. The van der Waals surface area contributed by atoms with Gasteiger partial charge in [-0.15, -0.1) is 12.4 Å². The van der Waals surface area contributed by atoms with Crippen molar-refractivity contribution in [1.29, 1.82) is 0 Å². The Morgan fingerprint density at radius 1 is 1.14 bits per heavy atom. The first-order chi connectivity index (χ1) is 12.9. The van der Waals surface area contributed by atoms with Gasteiger partial charge >= 0.3 is 0 Å². The molecule has 1 heterocycles. The molecule has 3 rings (SSSR count). The Morgan fingerprint density at radius 2 is 1.82 bits per heavy atom. The van der Waals surface area contributed by atoms with Gasteiger partial charge in [0, 0.05) is 28.7 Å². The van der Waals surface area contributed by atoms with Gasteiger partial charge in [-0.2, -0.15) is 0 Å². The largest absolute Gasteiger partial charge is 0.494 e. The zero-order valence-corrected chi connectivity index (χ0v) is 18.8. The standard InChI is InChI=1S/C19H19Cl2N3O2S.ClH/c1-23(2)7-8-24(18(25)12-9-13(20)11-14(21)10-12)19-22-17-15(26-3)5-4-6-16(17)27-19;/h4-6,9-11H,7-8H2,1-3H3;1H. The molecule has 0 bridgehead atoms. The van der Waals surface area contributed by atoms with Crippen molar-refractivity contribution in [2.75, 3.05) is 39.2 Å². The van der Waals surface area contributed by atoms with Crippen molar-refractivity contribution in [1.82, 2.24) is 9.88 Å². The average molecular weight is 461 g/mol. The second kappa shape index (κ2) is 9.76. The molecule has 28 heavy (non-hydrogen) atoms. The van der Waals surface area contributed by atoms with Crippen molar-refractivity contribution < 1.29 is 9.53 Å². The summed E-state index contributed by atoms with van der Waals surface area (Å²) in [5, 5.41) is 1.45. The van der Waals surface area contributed by atoms with Crippen molar-refractivity contribution in [2.24, 2.45) is 0 Å². The highest BCUT2D eigenvalue weighted by atomic mass is 35.5. The first-order valence-electron chi connectivity index (χ1n) is 8.25. The number of thiazole rings is 1. The van der Waals surface area contributed by atoms with Crippen LogP contribution in [0.5, 0.6) is 5.75 Å². The van der Waals surface area contributed by atoms with E-state index in [1.165, 1.54) is 11.3 Å². The van der Waals surface area contributed by atoms with Gasteiger partial charge in [-0.1, -0.05) is 40.6 Å². The van der Waals surface area contributed by atoms with E-state index in [0.29, 0.717) is 39.6 Å². The van der Waals surface area contributed by atoms with Gasteiger partial charge in [0.1, 0.15) is 11.3 Å². The SMILES string of the molecule is COc1cccc2sc(N(CCN(C)C)C(=O)c3cc(Cl)cc(Cl)c3)nc12.Cl. The minimum Gasteiger partial charge on any atom is -0.494 e. The van der Waals surface area contributed by atoms with Gasteiger partial charge in [0.2, 0.25) is 0 Å². The van der Waals surface area contributed by atoms with Crippen LogP contribution in [0.4, 0.5) is 5.13 Å². The predicted octanol–water partition coefficient (Wildman–Crippen LogP) is 5.24. The maximum Gasteiger partial charge on any atom is 0.260 e. The normalized spacial score (nSPS) is 10.8. The van der Waals surface area contributed by atoms with Crippen LogP contribution < -0.4 is 9.64 Å². The van der Waals surface area contributed by atoms with E-state index in [4.69, 9.17) is 27.9 Å². The number of halogens is 3. The van der Waals surface area contributed by atoms with E-state index in [9.17, 15) is 4.79 Å². The molecule has 0 aliphatic heterocycles. The van der Waals surface area contributed by atoms with Gasteiger partial charge in [-0.3, -0.25) is 9.69 Å². The van der Waals surface area contributed by atoms with Gasteiger partial charge in [0.15, 0.2) is 5.13 Å². The lowest BCUT2D eigenvalue weighted by Crippen LogP contribution is -2.36. The lowest BCUT2D eigenvalue weighted by Gasteiger charge is -2.22. The third-order valence-corrected chi connectivity index (χ3v) is 5.43. The monoisotopic (exact) mass is 459 g/mol. The van der Waals surface area contributed by atoms with Crippen LogP contribution in [0.25, 0.3) is 10.2 Å². The number of anilines is 1. The smallest absolute Gasteiger partial charge is 0.260 e. The van der Waals surface area contributed by atoms with Crippen LogP contribution in [-0.2, 0) is 0 Å². The molecule has 9 heteroatoms. The zero-order valence-electron chi connectivity index (χ0n) is 15.6. The lowest BCUT2D eigenvalue weighted by molar-refractivity contribution is 0.0985. The molecule has 0 radical (unpaired) electrons. The number of aromatic nitrogens is 1. The number of carbonyl (C=O) groups is 1. The van der Waals surface area contributed by atoms with E-state index in [2.05, 4.69) is 4.98 Å². The van der Waals surface area contributed by atoms with Crippen LogP contribution in [0.3, 0.4) is 0 Å². The molecule has 0 saturated heterocycles. The zero-order chi connectivity index (χ0) is 19.6. The third kappa shape index (κ3) is 5.07. The molecule has 0 fully saturated rings. The Balaban J connectivity index is 0.00000280. The molecule has 5 nitrogen and oxygen atoms in total. The summed E-state index contributed by atoms with van der Waals surface area (Å²) in [6.07, 6.45) is 0. The van der Waals surface area contributed by atoms with Crippen molar-refractivity contribution in [3.63, 3.8) is 0 Å². The number of rotatable bonds is 6. The quantitative estimate of drug-likeness (QED) is 0.504. The molecular weight excluding hydrogens is 441 g/mol. The van der Waals surface area contributed by atoms with E-state index in [1.54, 1.807) is 30.2 Å². The molecular formula is C19H20Cl3N3O2S.